The largest absolute Gasteiger partial charge is 0.336 e. The van der Waals surface area contributed by atoms with Gasteiger partial charge in [-0.15, -0.1) is 0 Å². The summed E-state index contributed by atoms with van der Waals surface area (Å²) < 4.78 is 0. The standard InChI is InChI=1S/C16H24N4OS/c1-12-10-15(18-13(2)17-12)16(21)20-6-3-5-19(7-8-20)14-4-9-22-11-14/h10,14H,3-9,11H2,1-2H3. The van der Waals surface area contributed by atoms with Crippen molar-refractivity contribution in [2.75, 3.05) is 37.7 Å². The molecule has 6 heteroatoms. The summed E-state index contributed by atoms with van der Waals surface area (Å²) in [5.74, 6) is 3.25. The van der Waals surface area contributed by atoms with Gasteiger partial charge < -0.3 is 4.90 Å². The number of amides is 1. The van der Waals surface area contributed by atoms with Gasteiger partial charge in [-0.25, -0.2) is 9.97 Å². The first-order valence-corrected chi connectivity index (χ1v) is 9.22. The zero-order valence-electron chi connectivity index (χ0n) is 13.4. The second kappa shape index (κ2) is 6.96. The van der Waals surface area contributed by atoms with Crippen LogP contribution in [0.1, 0.15) is 34.8 Å². The zero-order valence-corrected chi connectivity index (χ0v) is 14.2. The Hall–Kier alpha value is -1.14. The molecule has 3 rings (SSSR count). The molecule has 1 amide bonds. The SMILES string of the molecule is Cc1cc(C(=O)N2CCCN(C3CCSC3)CC2)nc(C)n1. The summed E-state index contributed by atoms with van der Waals surface area (Å²) in [6.07, 6.45) is 2.35. The summed E-state index contributed by atoms with van der Waals surface area (Å²) in [6.45, 7) is 7.48. The molecule has 1 aromatic heterocycles. The first-order chi connectivity index (χ1) is 10.6. The number of hydrogen-bond acceptors (Lipinski definition) is 5. The summed E-state index contributed by atoms with van der Waals surface area (Å²) >= 11 is 2.05. The normalized spacial score (nSPS) is 23.5. The Kier molecular flexibility index (Phi) is 4.98. The van der Waals surface area contributed by atoms with E-state index in [1.54, 1.807) is 6.07 Å². The van der Waals surface area contributed by atoms with Gasteiger partial charge in [0.05, 0.1) is 0 Å². The highest BCUT2D eigenvalue weighted by atomic mass is 32.2. The Labute approximate surface area is 136 Å². The van der Waals surface area contributed by atoms with Crippen LogP contribution in [0.5, 0.6) is 0 Å². The summed E-state index contributed by atoms with van der Waals surface area (Å²) in [5, 5.41) is 0. The fourth-order valence-electron chi connectivity index (χ4n) is 3.30. The Morgan fingerprint density at radius 2 is 2.09 bits per heavy atom. The van der Waals surface area contributed by atoms with Gasteiger partial charge in [0.1, 0.15) is 11.5 Å². The molecule has 2 aliphatic rings. The van der Waals surface area contributed by atoms with Crippen LogP contribution in [0.2, 0.25) is 0 Å². The lowest BCUT2D eigenvalue weighted by atomic mass is 10.2. The van der Waals surface area contributed by atoms with Crippen LogP contribution in [0, 0.1) is 13.8 Å². The van der Waals surface area contributed by atoms with Crippen LogP contribution in [0.15, 0.2) is 6.07 Å². The predicted molar refractivity (Wildman–Crippen MR) is 89.3 cm³/mol. The van der Waals surface area contributed by atoms with E-state index in [4.69, 9.17) is 0 Å². The number of carbonyl (C=O) groups excluding carboxylic acids is 1. The first kappa shape index (κ1) is 15.7. The van der Waals surface area contributed by atoms with Crippen molar-refractivity contribution in [3.05, 3.63) is 23.3 Å². The van der Waals surface area contributed by atoms with Gasteiger partial charge in [-0.2, -0.15) is 11.8 Å². The van der Waals surface area contributed by atoms with Crippen LogP contribution >= 0.6 is 11.8 Å². The Bertz CT molecular complexity index is 525. The van der Waals surface area contributed by atoms with E-state index in [-0.39, 0.29) is 5.91 Å². The van der Waals surface area contributed by atoms with E-state index in [2.05, 4.69) is 26.6 Å². The van der Waals surface area contributed by atoms with Gasteiger partial charge >= 0.3 is 0 Å². The zero-order chi connectivity index (χ0) is 15.5. The molecule has 0 N–H and O–H groups in total. The highest BCUT2D eigenvalue weighted by Crippen LogP contribution is 2.23. The molecule has 0 radical (unpaired) electrons. The molecule has 0 bridgehead atoms. The van der Waals surface area contributed by atoms with Gasteiger partial charge in [0.15, 0.2) is 0 Å². The van der Waals surface area contributed by atoms with E-state index in [9.17, 15) is 4.79 Å². The van der Waals surface area contributed by atoms with Gasteiger partial charge in [0.2, 0.25) is 0 Å². The number of carbonyl (C=O) groups is 1. The summed E-state index contributed by atoms with van der Waals surface area (Å²) in [4.78, 5) is 25.8. The maximum atomic E-state index is 12.7. The second-order valence-electron chi connectivity index (χ2n) is 6.14. The fraction of sp³-hybridized carbons (Fsp3) is 0.688. The fourth-order valence-corrected chi connectivity index (χ4v) is 4.56. The van der Waals surface area contributed by atoms with Crippen LogP contribution in [0.25, 0.3) is 0 Å². The third-order valence-electron chi connectivity index (χ3n) is 4.42. The molecule has 22 heavy (non-hydrogen) atoms. The number of hydrogen-bond donors (Lipinski definition) is 0. The molecule has 0 saturated carbocycles. The Morgan fingerprint density at radius 3 is 2.82 bits per heavy atom. The smallest absolute Gasteiger partial charge is 0.272 e. The minimum absolute atomic E-state index is 0.0521. The van der Waals surface area contributed by atoms with Crippen LogP contribution < -0.4 is 0 Å². The van der Waals surface area contributed by atoms with Crippen molar-refractivity contribution in [2.45, 2.75) is 32.7 Å². The molecular weight excluding hydrogens is 296 g/mol. The quantitative estimate of drug-likeness (QED) is 0.831. The average molecular weight is 320 g/mol. The third-order valence-corrected chi connectivity index (χ3v) is 5.57. The molecule has 0 aliphatic carbocycles. The van der Waals surface area contributed by atoms with Crippen molar-refractivity contribution in [3.63, 3.8) is 0 Å². The van der Waals surface area contributed by atoms with Gasteiger partial charge in [-0.1, -0.05) is 0 Å². The molecule has 1 unspecified atom stereocenters. The highest BCUT2D eigenvalue weighted by molar-refractivity contribution is 7.99. The lowest BCUT2D eigenvalue weighted by Crippen LogP contribution is -2.39. The Balaban J connectivity index is 1.66. The molecule has 2 saturated heterocycles. The van der Waals surface area contributed by atoms with Crippen molar-refractivity contribution in [3.8, 4) is 0 Å². The van der Waals surface area contributed by atoms with Gasteiger partial charge in [0, 0.05) is 43.7 Å². The maximum Gasteiger partial charge on any atom is 0.272 e. The van der Waals surface area contributed by atoms with E-state index in [1.165, 1.54) is 17.9 Å². The summed E-state index contributed by atoms with van der Waals surface area (Å²) in [6, 6.07) is 2.51. The second-order valence-corrected chi connectivity index (χ2v) is 7.29. The molecule has 2 aliphatic heterocycles. The number of aromatic nitrogens is 2. The minimum Gasteiger partial charge on any atom is -0.336 e. The average Bonchev–Trinajstić information content (AvgIpc) is 2.90. The number of nitrogens with zero attached hydrogens (tertiary/aromatic N) is 4. The summed E-state index contributed by atoms with van der Waals surface area (Å²) in [7, 11) is 0. The van der Waals surface area contributed by atoms with E-state index in [0.29, 0.717) is 17.6 Å². The molecule has 120 valence electrons. The van der Waals surface area contributed by atoms with Crippen LogP contribution in [-0.4, -0.2) is 69.4 Å². The van der Waals surface area contributed by atoms with Crippen molar-refractivity contribution in [1.82, 2.24) is 19.8 Å². The maximum absolute atomic E-state index is 12.7. The van der Waals surface area contributed by atoms with Crippen LogP contribution in [-0.2, 0) is 0 Å². The van der Waals surface area contributed by atoms with Crippen molar-refractivity contribution in [2.24, 2.45) is 0 Å². The van der Waals surface area contributed by atoms with E-state index in [0.717, 1.165) is 38.3 Å². The van der Waals surface area contributed by atoms with E-state index >= 15 is 0 Å². The third kappa shape index (κ3) is 3.60. The first-order valence-electron chi connectivity index (χ1n) is 8.07. The van der Waals surface area contributed by atoms with Gasteiger partial charge in [-0.3, -0.25) is 9.69 Å². The van der Waals surface area contributed by atoms with Crippen molar-refractivity contribution in [1.29, 1.82) is 0 Å². The van der Waals surface area contributed by atoms with Crippen molar-refractivity contribution >= 4 is 17.7 Å². The number of rotatable bonds is 2. The van der Waals surface area contributed by atoms with Gasteiger partial charge in [0.25, 0.3) is 5.91 Å². The molecule has 5 nitrogen and oxygen atoms in total. The van der Waals surface area contributed by atoms with E-state index < -0.39 is 0 Å². The molecular formula is C16H24N4OS. The predicted octanol–water partition coefficient (Wildman–Crippen LogP) is 1.75. The molecule has 1 aromatic rings. The molecule has 0 aromatic carbocycles. The lowest BCUT2D eigenvalue weighted by molar-refractivity contribution is 0.0752. The van der Waals surface area contributed by atoms with Crippen molar-refractivity contribution < 1.29 is 4.79 Å². The topological polar surface area (TPSA) is 49.3 Å². The molecule has 0 spiro atoms. The molecule has 2 fully saturated rings. The summed E-state index contributed by atoms with van der Waals surface area (Å²) in [5.41, 5.74) is 1.39. The van der Waals surface area contributed by atoms with E-state index in [1.807, 2.05) is 18.7 Å². The van der Waals surface area contributed by atoms with Gasteiger partial charge in [-0.05, 0) is 38.5 Å². The lowest BCUT2D eigenvalue weighted by Gasteiger charge is -2.26. The monoisotopic (exact) mass is 320 g/mol. The highest BCUT2D eigenvalue weighted by Gasteiger charge is 2.27. The van der Waals surface area contributed by atoms with Crippen LogP contribution in [0.3, 0.4) is 0 Å². The van der Waals surface area contributed by atoms with Crippen LogP contribution in [0.4, 0.5) is 0 Å². The molecule has 1 atom stereocenters. The molecule has 3 heterocycles. The number of thioether (sulfide) groups is 1. The minimum atomic E-state index is 0.0521. The Morgan fingerprint density at radius 1 is 1.23 bits per heavy atom. The number of aryl methyl sites for hydroxylation is 2.